The number of nitrogens with zero attached hydrogens (tertiary/aromatic N) is 1. The van der Waals surface area contributed by atoms with Crippen molar-refractivity contribution in [3.63, 3.8) is 0 Å². The van der Waals surface area contributed by atoms with E-state index >= 15 is 0 Å². The Morgan fingerprint density at radius 1 is 1.58 bits per heavy atom. The molecular weight excluding hydrogens is 254 g/mol. The van der Waals surface area contributed by atoms with Gasteiger partial charge in [0.05, 0.1) is 12.8 Å². The molecule has 7 heteroatoms. The van der Waals surface area contributed by atoms with E-state index in [-0.39, 0.29) is 29.4 Å². The largest absolute Gasteiger partial charge is 0.493 e. The number of carboxylic acids is 1. The summed E-state index contributed by atoms with van der Waals surface area (Å²) in [5, 5.41) is 8.83. The van der Waals surface area contributed by atoms with Crippen LogP contribution in [0.1, 0.15) is 10.4 Å². The Morgan fingerprint density at radius 3 is 2.89 bits per heavy atom. The van der Waals surface area contributed by atoms with Crippen LogP contribution in [0.15, 0.2) is 12.1 Å². The van der Waals surface area contributed by atoms with E-state index in [1.165, 1.54) is 19.2 Å². The molecule has 1 aromatic carbocycles. The van der Waals surface area contributed by atoms with Gasteiger partial charge in [-0.15, -0.1) is 0 Å². The smallest absolute Gasteiger partial charge is 0.323 e. The number of anilines is 1. The first-order valence-electron chi connectivity index (χ1n) is 5.39. The van der Waals surface area contributed by atoms with Gasteiger partial charge >= 0.3 is 5.97 Å². The Balaban J connectivity index is 2.56. The minimum atomic E-state index is -1.16. The molecular formula is C12H11NO6. The van der Waals surface area contributed by atoms with E-state index in [4.69, 9.17) is 14.6 Å². The highest BCUT2D eigenvalue weighted by Crippen LogP contribution is 2.41. The summed E-state index contributed by atoms with van der Waals surface area (Å²) >= 11 is 0. The van der Waals surface area contributed by atoms with Crippen molar-refractivity contribution in [1.29, 1.82) is 0 Å². The number of aldehydes is 1. The van der Waals surface area contributed by atoms with Gasteiger partial charge in [0.2, 0.25) is 0 Å². The lowest BCUT2D eigenvalue weighted by Gasteiger charge is -2.29. The molecule has 100 valence electrons. The van der Waals surface area contributed by atoms with E-state index in [9.17, 15) is 14.4 Å². The summed E-state index contributed by atoms with van der Waals surface area (Å²) in [4.78, 5) is 34.4. The molecule has 1 heterocycles. The van der Waals surface area contributed by atoms with Gasteiger partial charge in [-0.1, -0.05) is 0 Å². The highest BCUT2D eigenvalue weighted by molar-refractivity contribution is 6.02. The summed E-state index contributed by atoms with van der Waals surface area (Å²) in [6.45, 7) is -0.766. The van der Waals surface area contributed by atoms with Crippen molar-refractivity contribution in [2.75, 3.05) is 25.2 Å². The van der Waals surface area contributed by atoms with Crippen LogP contribution in [0.25, 0.3) is 0 Å². The highest BCUT2D eigenvalue weighted by Gasteiger charge is 2.30. The molecule has 0 fully saturated rings. The fourth-order valence-electron chi connectivity index (χ4n) is 1.83. The average molecular weight is 265 g/mol. The number of methoxy groups -OCH3 is 1. The van der Waals surface area contributed by atoms with Crippen molar-refractivity contribution in [1.82, 2.24) is 0 Å². The number of hydrogen-bond donors (Lipinski definition) is 1. The topological polar surface area (TPSA) is 93.1 Å². The summed E-state index contributed by atoms with van der Waals surface area (Å²) in [5.74, 6) is -1.10. The van der Waals surface area contributed by atoms with Gasteiger partial charge in [-0.05, 0) is 12.1 Å². The summed E-state index contributed by atoms with van der Waals surface area (Å²) < 4.78 is 10.3. The molecule has 0 saturated carbocycles. The van der Waals surface area contributed by atoms with Crippen molar-refractivity contribution >= 4 is 23.9 Å². The Morgan fingerprint density at radius 2 is 2.32 bits per heavy atom. The Labute approximate surface area is 108 Å². The molecule has 1 N–H and O–H groups in total. The Bertz CT molecular complexity index is 553. The number of rotatable bonds is 4. The van der Waals surface area contributed by atoms with E-state index in [0.717, 1.165) is 4.90 Å². The van der Waals surface area contributed by atoms with Crippen molar-refractivity contribution in [3.05, 3.63) is 17.7 Å². The van der Waals surface area contributed by atoms with E-state index in [1.807, 2.05) is 0 Å². The van der Waals surface area contributed by atoms with Crippen LogP contribution >= 0.6 is 0 Å². The van der Waals surface area contributed by atoms with Gasteiger partial charge < -0.3 is 14.6 Å². The molecule has 0 aliphatic carbocycles. The molecule has 0 bridgehead atoms. The predicted molar refractivity (Wildman–Crippen MR) is 63.9 cm³/mol. The Kier molecular flexibility index (Phi) is 3.37. The molecule has 0 saturated heterocycles. The zero-order valence-electron chi connectivity index (χ0n) is 10.1. The first kappa shape index (κ1) is 12.9. The van der Waals surface area contributed by atoms with Gasteiger partial charge in [0, 0.05) is 5.56 Å². The zero-order chi connectivity index (χ0) is 14.0. The lowest BCUT2D eigenvalue weighted by molar-refractivity contribution is -0.137. The standard InChI is InChI=1S/C12H11NO6/c1-18-9-3-7(5-14)2-8-12(9)19-6-10(15)13(8)4-11(16)17/h2-3,5H,4,6H2,1H3,(H,16,17). The fraction of sp³-hybridized carbons (Fsp3) is 0.250. The van der Waals surface area contributed by atoms with Crippen LogP contribution in [0.4, 0.5) is 5.69 Å². The third kappa shape index (κ3) is 2.35. The van der Waals surface area contributed by atoms with Crippen LogP contribution in [0.5, 0.6) is 11.5 Å². The van der Waals surface area contributed by atoms with Crippen molar-refractivity contribution in [3.8, 4) is 11.5 Å². The normalized spacial score (nSPS) is 13.5. The number of aliphatic carboxylic acids is 1. The highest BCUT2D eigenvalue weighted by atomic mass is 16.5. The minimum absolute atomic E-state index is 0.222. The van der Waals surface area contributed by atoms with Crippen LogP contribution in [0.2, 0.25) is 0 Å². The number of carbonyl (C=O) groups excluding carboxylic acids is 2. The third-order valence-electron chi connectivity index (χ3n) is 2.64. The molecule has 1 amide bonds. The second-order valence-corrected chi connectivity index (χ2v) is 3.85. The number of ether oxygens (including phenoxy) is 2. The van der Waals surface area contributed by atoms with E-state index in [1.54, 1.807) is 0 Å². The number of carbonyl (C=O) groups is 3. The van der Waals surface area contributed by atoms with Gasteiger partial charge in [-0.2, -0.15) is 0 Å². The van der Waals surface area contributed by atoms with E-state index in [0.29, 0.717) is 6.29 Å². The van der Waals surface area contributed by atoms with Gasteiger partial charge in [0.25, 0.3) is 5.91 Å². The number of carboxylic acid groups (broad SMARTS) is 1. The third-order valence-corrected chi connectivity index (χ3v) is 2.64. The van der Waals surface area contributed by atoms with Crippen molar-refractivity contribution in [2.45, 2.75) is 0 Å². The van der Waals surface area contributed by atoms with Gasteiger partial charge in [-0.25, -0.2) is 0 Å². The quantitative estimate of drug-likeness (QED) is 0.788. The molecule has 1 aliphatic heterocycles. The van der Waals surface area contributed by atoms with Crippen LogP contribution in [0, 0.1) is 0 Å². The number of benzene rings is 1. The predicted octanol–water partition coefficient (Wildman–Crippen LogP) is 0.318. The first-order chi connectivity index (χ1) is 9.06. The molecule has 19 heavy (non-hydrogen) atoms. The number of hydrogen-bond acceptors (Lipinski definition) is 5. The van der Waals surface area contributed by atoms with Crippen LogP contribution in [-0.2, 0) is 9.59 Å². The number of fused-ring (bicyclic) bond motifs is 1. The molecule has 2 rings (SSSR count). The molecule has 1 aliphatic rings. The lowest BCUT2D eigenvalue weighted by atomic mass is 10.1. The van der Waals surface area contributed by atoms with E-state index in [2.05, 4.69) is 0 Å². The minimum Gasteiger partial charge on any atom is -0.493 e. The first-order valence-corrected chi connectivity index (χ1v) is 5.39. The fourth-order valence-corrected chi connectivity index (χ4v) is 1.83. The molecule has 0 unspecified atom stereocenters. The maximum atomic E-state index is 11.7. The Hall–Kier alpha value is -2.57. The van der Waals surface area contributed by atoms with E-state index < -0.39 is 18.4 Å². The maximum absolute atomic E-state index is 11.7. The zero-order valence-corrected chi connectivity index (χ0v) is 10.1. The molecule has 1 aromatic rings. The average Bonchev–Trinajstić information content (AvgIpc) is 2.40. The van der Waals surface area contributed by atoms with Crippen LogP contribution in [0.3, 0.4) is 0 Å². The van der Waals surface area contributed by atoms with Crippen LogP contribution in [-0.4, -0.2) is 43.5 Å². The number of amides is 1. The lowest BCUT2D eigenvalue weighted by Crippen LogP contribution is -2.42. The molecule has 0 radical (unpaired) electrons. The summed E-state index contributed by atoms with van der Waals surface area (Å²) in [7, 11) is 1.39. The SMILES string of the molecule is COc1cc(C=O)cc2c1OCC(=O)N2CC(=O)O. The van der Waals surface area contributed by atoms with Gasteiger partial charge in [0.15, 0.2) is 18.1 Å². The molecule has 0 atom stereocenters. The van der Waals surface area contributed by atoms with Crippen molar-refractivity contribution in [2.24, 2.45) is 0 Å². The monoisotopic (exact) mass is 265 g/mol. The summed E-state index contributed by atoms with van der Waals surface area (Å²) in [6, 6.07) is 2.85. The second-order valence-electron chi connectivity index (χ2n) is 3.85. The van der Waals surface area contributed by atoms with Gasteiger partial charge in [-0.3, -0.25) is 19.3 Å². The van der Waals surface area contributed by atoms with Crippen LogP contribution < -0.4 is 14.4 Å². The molecule has 7 nitrogen and oxygen atoms in total. The molecule has 0 aromatic heterocycles. The summed E-state index contributed by atoms with van der Waals surface area (Å²) in [6.07, 6.45) is 0.584. The van der Waals surface area contributed by atoms with Gasteiger partial charge in [0.1, 0.15) is 12.8 Å². The second kappa shape index (κ2) is 4.97. The van der Waals surface area contributed by atoms with Crippen molar-refractivity contribution < 1.29 is 29.0 Å². The summed E-state index contributed by atoms with van der Waals surface area (Å²) in [5.41, 5.74) is 0.490. The molecule has 0 spiro atoms. The maximum Gasteiger partial charge on any atom is 0.323 e.